The number of anilines is 2. The fourth-order valence-electron chi connectivity index (χ4n) is 3.87. The Bertz CT molecular complexity index is 1370. The van der Waals surface area contributed by atoms with Crippen molar-refractivity contribution in [2.45, 2.75) is 32.0 Å². The lowest BCUT2D eigenvalue weighted by Crippen LogP contribution is -2.25. The number of nitrogens with one attached hydrogen (secondary N) is 1. The molecule has 0 saturated heterocycles. The largest absolute Gasteiger partial charge is 0.416 e. The van der Waals surface area contributed by atoms with Gasteiger partial charge in [0.1, 0.15) is 23.8 Å². The minimum absolute atomic E-state index is 0.0420. The maximum absolute atomic E-state index is 13.5. The second-order valence-electron chi connectivity index (χ2n) is 8.20. The number of aryl methyl sites for hydroxylation is 1. The normalized spacial score (nSPS) is 14.9. The van der Waals surface area contributed by atoms with Crippen LogP contribution in [0.3, 0.4) is 0 Å². The van der Waals surface area contributed by atoms with Crippen molar-refractivity contribution >= 4 is 27.6 Å². The Labute approximate surface area is 193 Å². The molecule has 9 nitrogen and oxygen atoms in total. The van der Waals surface area contributed by atoms with E-state index in [0.717, 1.165) is 17.2 Å². The van der Waals surface area contributed by atoms with Crippen molar-refractivity contribution in [3.63, 3.8) is 0 Å². The summed E-state index contributed by atoms with van der Waals surface area (Å²) >= 11 is 0. The summed E-state index contributed by atoms with van der Waals surface area (Å²) in [6.07, 6.45) is -1.67. The number of alkyl halides is 3. The van der Waals surface area contributed by atoms with Gasteiger partial charge in [0.25, 0.3) is 5.91 Å². The molecule has 34 heavy (non-hydrogen) atoms. The van der Waals surface area contributed by atoms with Crippen LogP contribution in [0.25, 0.3) is 0 Å². The number of rotatable bonds is 6. The summed E-state index contributed by atoms with van der Waals surface area (Å²) in [5.41, 5.74) is -0.468. The van der Waals surface area contributed by atoms with Crippen molar-refractivity contribution < 1.29 is 26.4 Å². The summed E-state index contributed by atoms with van der Waals surface area (Å²) in [6, 6.07) is 6.56. The first kappa shape index (κ1) is 23.7. The van der Waals surface area contributed by atoms with Crippen molar-refractivity contribution in [3.8, 4) is 0 Å². The number of aromatic nitrogens is 4. The van der Waals surface area contributed by atoms with Crippen LogP contribution >= 0.6 is 0 Å². The van der Waals surface area contributed by atoms with Gasteiger partial charge in [0.15, 0.2) is 0 Å². The third kappa shape index (κ3) is 4.74. The maximum Gasteiger partial charge on any atom is 0.416 e. The highest BCUT2D eigenvalue weighted by molar-refractivity contribution is 7.92. The molecule has 13 heteroatoms. The molecule has 0 saturated carbocycles. The second kappa shape index (κ2) is 8.38. The monoisotopic (exact) mass is 494 g/mol. The van der Waals surface area contributed by atoms with Gasteiger partial charge in [-0.05, 0) is 41.3 Å². The molecule has 1 atom stereocenters. The third-order valence-corrected chi connectivity index (χ3v) is 6.12. The zero-order chi connectivity index (χ0) is 24.8. The minimum atomic E-state index is -4.62. The predicted molar refractivity (Wildman–Crippen MR) is 118 cm³/mol. The molecule has 0 radical (unpaired) electrons. The van der Waals surface area contributed by atoms with Crippen molar-refractivity contribution in [2.75, 3.05) is 15.9 Å². The van der Waals surface area contributed by atoms with Crippen molar-refractivity contribution in [2.24, 2.45) is 7.05 Å². The molecule has 1 aromatic carbocycles. The lowest BCUT2D eigenvalue weighted by molar-refractivity contribution is -0.138. The van der Waals surface area contributed by atoms with E-state index in [1.165, 1.54) is 18.2 Å². The number of carbonyl (C=O) groups excluding carboxylic acids is 1. The molecule has 0 aliphatic carbocycles. The van der Waals surface area contributed by atoms with E-state index >= 15 is 0 Å². The van der Waals surface area contributed by atoms with Crippen LogP contribution in [0.4, 0.5) is 24.8 Å². The summed E-state index contributed by atoms with van der Waals surface area (Å²) in [4.78, 5) is 18.4. The van der Waals surface area contributed by atoms with Gasteiger partial charge in [-0.1, -0.05) is 13.0 Å². The number of halogens is 3. The minimum Gasteiger partial charge on any atom is -0.321 e. The summed E-state index contributed by atoms with van der Waals surface area (Å²) in [6.45, 7) is 1.54. The lowest BCUT2D eigenvalue weighted by Gasteiger charge is -2.20. The van der Waals surface area contributed by atoms with Gasteiger partial charge in [0.05, 0.1) is 18.4 Å². The van der Waals surface area contributed by atoms with Crippen LogP contribution in [0.2, 0.25) is 0 Å². The molecule has 1 aliphatic rings. The summed E-state index contributed by atoms with van der Waals surface area (Å²) < 4.78 is 68.2. The molecule has 180 valence electrons. The molecule has 1 aliphatic heterocycles. The Morgan fingerprint density at radius 2 is 1.97 bits per heavy atom. The summed E-state index contributed by atoms with van der Waals surface area (Å²) in [7, 11) is -1.91. The number of nitrogens with zero attached hydrogens (tertiary/aromatic N) is 5. The summed E-state index contributed by atoms with van der Waals surface area (Å²) in [5.74, 6) is -0.155. The maximum atomic E-state index is 13.5. The SMILES string of the molecule is C[C@H](Cc1nncn1C)c1cc(NS(C)(=O)=O)nc(N2Cc3c(cccc3C(F)(F)F)C2=O)c1. The van der Waals surface area contributed by atoms with E-state index in [4.69, 9.17) is 0 Å². The number of carbonyl (C=O) groups is 1. The fourth-order valence-corrected chi connectivity index (χ4v) is 4.35. The molecule has 1 N–H and O–H groups in total. The second-order valence-corrected chi connectivity index (χ2v) is 9.95. The molecule has 0 fully saturated rings. The highest BCUT2D eigenvalue weighted by atomic mass is 32.2. The van der Waals surface area contributed by atoms with Gasteiger partial charge in [0, 0.05) is 19.0 Å². The lowest BCUT2D eigenvalue weighted by atomic mass is 9.98. The Morgan fingerprint density at radius 3 is 2.59 bits per heavy atom. The molecule has 2 aromatic heterocycles. The molecule has 0 bridgehead atoms. The van der Waals surface area contributed by atoms with E-state index in [0.29, 0.717) is 17.8 Å². The van der Waals surface area contributed by atoms with E-state index in [1.807, 2.05) is 6.92 Å². The van der Waals surface area contributed by atoms with Crippen LogP contribution in [0.1, 0.15) is 45.7 Å². The van der Waals surface area contributed by atoms with E-state index < -0.39 is 27.7 Å². The topological polar surface area (TPSA) is 110 Å². The van der Waals surface area contributed by atoms with Gasteiger partial charge < -0.3 is 4.57 Å². The first-order valence-corrected chi connectivity index (χ1v) is 12.1. The van der Waals surface area contributed by atoms with Crippen LogP contribution in [0, 0.1) is 0 Å². The fraction of sp³-hybridized carbons (Fsp3) is 0.333. The number of hydrogen-bond acceptors (Lipinski definition) is 6. The van der Waals surface area contributed by atoms with Crippen LogP contribution in [0.15, 0.2) is 36.7 Å². The average Bonchev–Trinajstić information content (AvgIpc) is 3.28. The van der Waals surface area contributed by atoms with Gasteiger partial charge in [0.2, 0.25) is 10.0 Å². The Balaban J connectivity index is 1.75. The molecule has 0 spiro atoms. The van der Waals surface area contributed by atoms with Gasteiger partial charge >= 0.3 is 6.18 Å². The molecule has 3 aromatic rings. The number of benzene rings is 1. The number of pyridine rings is 1. The number of sulfonamides is 1. The van der Waals surface area contributed by atoms with E-state index in [-0.39, 0.29) is 35.2 Å². The Hall–Kier alpha value is -3.48. The van der Waals surface area contributed by atoms with Gasteiger partial charge in [-0.3, -0.25) is 14.4 Å². The first-order chi connectivity index (χ1) is 15.8. The summed E-state index contributed by atoms with van der Waals surface area (Å²) in [5, 5.41) is 7.89. The van der Waals surface area contributed by atoms with E-state index in [1.54, 1.807) is 24.0 Å². The number of hydrogen-bond donors (Lipinski definition) is 1. The van der Waals surface area contributed by atoms with Crippen LogP contribution in [-0.4, -0.2) is 40.3 Å². The smallest absolute Gasteiger partial charge is 0.321 e. The van der Waals surface area contributed by atoms with Crippen molar-refractivity contribution in [1.82, 2.24) is 19.7 Å². The highest BCUT2D eigenvalue weighted by Gasteiger charge is 2.40. The highest BCUT2D eigenvalue weighted by Crippen LogP contribution is 2.39. The van der Waals surface area contributed by atoms with Gasteiger partial charge in [-0.15, -0.1) is 10.2 Å². The van der Waals surface area contributed by atoms with Crippen LogP contribution < -0.4 is 9.62 Å². The predicted octanol–water partition coefficient (Wildman–Crippen LogP) is 3.11. The molecule has 3 heterocycles. The van der Waals surface area contributed by atoms with Crippen molar-refractivity contribution in [3.05, 3.63) is 64.7 Å². The van der Waals surface area contributed by atoms with E-state index in [2.05, 4.69) is 19.9 Å². The van der Waals surface area contributed by atoms with Gasteiger partial charge in [-0.2, -0.15) is 13.2 Å². The number of fused-ring (bicyclic) bond motifs is 1. The number of amides is 1. The van der Waals surface area contributed by atoms with Crippen LogP contribution in [-0.2, 0) is 36.2 Å². The van der Waals surface area contributed by atoms with E-state index in [9.17, 15) is 26.4 Å². The molecule has 0 unspecified atom stereocenters. The zero-order valence-electron chi connectivity index (χ0n) is 18.5. The van der Waals surface area contributed by atoms with Crippen LogP contribution in [0.5, 0.6) is 0 Å². The molecule has 1 amide bonds. The third-order valence-electron chi connectivity index (χ3n) is 5.54. The average molecular weight is 494 g/mol. The zero-order valence-corrected chi connectivity index (χ0v) is 19.3. The quantitative estimate of drug-likeness (QED) is 0.564. The molecule has 4 rings (SSSR count). The van der Waals surface area contributed by atoms with Gasteiger partial charge in [-0.25, -0.2) is 13.4 Å². The molecular formula is C21H21F3N6O3S. The first-order valence-electron chi connectivity index (χ1n) is 10.2. The Kier molecular flexibility index (Phi) is 5.84. The van der Waals surface area contributed by atoms with Crippen molar-refractivity contribution in [1.29, 1.82) is 0 Å². The Morgan fingerprint density at radius 1 is 1.24 bits per heavy atom. The standard InChI is InChI=1S/C21H21F3N6O3S/c1-12(7-19-27-25-11-29(19)2)13-8-17(28-34(3,32)33)26-18(9-13)30-10-15-14(20(30)31)5-4-6-16(15)21(22,23)24/h4-6,8-9,11-12H,7,10H2,1-3H3,(H,26,28)/t12-/m1/s1. The molecular weight excluding hydrogens is 473 g/mol.